The van der Waals surface area contributed by atoms with Gasteiger partial charge in [0.05, 0.1) is 6.04 Å². The molecule has 0 heterocycles. The molecule has 0 aromatic rings. The van der Waals surface area contributed by atoms with Crippen LogP contribution in [0.25, 0.3) is 0 Å². The molecule has 1 rings (SSSR count). The van der Waals surface area contributed by atoms with Crippen LogP contribution in [0.2, 0.25) is 0 Å². The lowest BCUT2D eigenvalue weighted by Crippen LogP contribution is -2.48. The van der Waals surface area contributed by atoms with Gasteiger partial charge in [0.15, 0.2) is 0 Å². The van der Waals surface area contributed by atoms with E-state index in [4.69, 9.17) is 10.8 Å². The zero-order valence-corrected chi connectivity index (χ0v) is 12.1. The van der Waals surface area contributed by atoms with Crippen LogP contribution in [0, 0.1) is 0 Å². The maximum atomic E-state index is 5.61. The minimum atomic E-state index is 0.468. The average Bonchev–Trinajstić information content (AvgIpc) is 2.85. The third kappa shape index (κ3) is 4.39. The van der Waals surface area contributed by atoms with E-state index in [1.807, 2.05) is 11.8 Å². The SMILES string of the molecule is CCC(CSC)N(C)C(=NC1CCCC1)NN. The van der Waals surface area contributed by atoms with E-state index in [1.165, 1.54) is 25.7 Å². The number of nitrogens with one attached hydrogen (secondary N) is 1. The molecule has 1 aliphatic rings. The Kier molecular flexibility index (Phi) is 6.73. The molecule has 3 N–H and O–H groups in total. The lowest BCUT2D eigenvalue weighted by molar-refractivity contribution is 0.370. The second-order valence-electron chi connectivity index (χ2n) is 4.66. The summed E-state index contributed by atoms with van der Waals surface area (Å²) in [4.78, 5) is 6.93. The van der Waals surface area contributed by atoms with Gasteiger partial charge in [0.1, 0.15) is 0 Å². The molecule has 0 saturated heterocycles. The van der Waals surface area contributed by atoms with E-state index >= 15 is 0 Å². The molecule has 0 spiro atoms. The Bertz CT molecular complexity index is 239. The number of hydrazine groups is 1. The fourth-order valence-electron chi connectivity index (χ4n) is 2.31. The van der Waals surface area contributed by atoms with Crippen molar-refractivity contribution in [2.75, 3.05) is 19.1 Å². The summed E-state index contributed by atoms with van der Waals surface area (Å²) >= 11 is 1.87. The number of hydrogen-bond donors (Lipinski definition) is 2. The van der Waals surface area contributed by atoms with Crippen LogP contribution in [-0.2, 0) is 0 Å². The average molecular weight is 258 g/mol. The zero-order chi connectivity index (χ0) is 12.7. The van der Waals surface area contributed by atoms with Crippen molar-refractivity contribution in [3.63, 3.8) is 0 Å². The first kappa shape index (κ1) is 14.6. The van der Waals surface area contributed by atoms with Crippen LogP contribution < -0.4 is 11.3 Å². The minimum Gasteiger partial charge on any atom is -0.341 e. The predicted molar refractivity (Wildman–Crippen MR) is 77.2 cm³/mol. The number of nitrogens with zero attached hydrogens (tertiary/aromatic N) is 2. The van der Waals surface area contributed by atoms with E-state index in [0.29, 0.717) is 12.1 Å². The van der Waals surface area contributed by atoms with Gasteiger partial charge < -0.3 is 4.90 Å². The van der Waals surface area contributed by atoms with Crippen LogP contribution in [0.1, 0.15) is 39.0 Å². The molecule has 1 unspecified atom stereocenters. The lowest BCUT2D eigenvalue weighted by Gasteiger charge is -2.29. The number of guanidine groups is 1. The number of rotatable bonds is 5. The molecule has 0 aromatic heterocycles. The van der Waals surface area contributed by atoms with E-state index in [0.717, 1.165) is 18.1 Å². The quantitative estimate of drug-likeness (QED) is 0.342. The second-order valence-corrected chi connectivity index (χ2v) is 5.57. The zero-order valence-electron chi connectivity index (χ0n) is 11.3. The van der Waals surface area contributed by atoms with Crippen molar-refractivity contribution in [2.45, 2.75) is 51.1 Å². The molecule has 1 saturated carbocycles. The summed E-state index contributed by atoms with van der Waals surface area (Å²) in [6, 6.07) is 0.969. The van der Waals surface area contributed by atoms with Gasteiger partial charge in [-0.05, 0) is 25.5 Å². The highest BCUT2D eigenvalue weighted by Crippen LogP contribution is 2.21. The molecule has 0 aromatic carbocycles. The highest BCUT2D eigenvalue weighted by atomic mass is 32.2. The smallest absolute Gasteiger partial charge is 0.208 e. The minimum absolute atomic E-state index is 0.468. The third-order valence-corrected chi connectivity index (χ3v) is 4.19. The van der Waals surface area contributed by atoms with Crippen molar-refractivity contribution in [1.29, 1.82) is 0 Å². The van der Waals surface area contributed by atoms with Gasteiger partial charge in [-0.2, -0.15) is 11.8 Å². The van der Waals surface area contributed by atoms with E-state index < -0.39 is 0 Å². The molecular formula is C12H26N4S. The fourth-order valence-corrected chi connectivity index (χ4v) is 3.15. The molecule has 100 valence electrons. The summed E-state index contributed by atoms with van der Waals surface area (Å²) in [5, 5.41) is 0. The number of nitrogens with two attached hydrogens (primary N) is 1. The highest BCUT2D eigenvalue weighted by Gasteiger charge is 2.19. The van der Waals surface area contributed by atoms with Crippen molar-refractivity contribution in [2.24, 2.45) is 10.8 Å². The van der Waals surface area contributed by atoms with Gasteiger partial charge in [-0.3, -0.25) is 5.43 Å². The molecule has 0 amide bonds. The molecule has 17 heavy (non-hydrogen) atoms. The Morgan fingerprint density at radius 3 is 2.65 bits per heavy atom. The van der Waals surface area contributed by atoms with Crippen LogP contribution in [0.5, 0.6) is 0 Å². The fraction of sp³-hybridized carbons (Fsp3) is 0.917. The normalized spacial score (nSPS) is 19.4. The molecule has 1 atom stereocenters. The molecule has 4 nitrogen and oxygen atoms in total. The van der Waals surface area contributed by atoms with E-state index in [2.05, 4.69) is 30.6 Å². The van der Waals surface area contributed by atoms with Gasteiger partial charge in [0, 0.05) is 18.8 Å². The van der Waals surface area contributed by atoms with E-state index in [9.17, 15) is 0 Å². The van der Waals surface area contributed by atoms with Gasteiger partial charge in [-0.25, -0.2) is 10.8 Å². The van der Waals surface area contributed by atoms with Gasteiger partial charge >= 0.3 is 0 Å². The number of thioether (sulfide) groups is 1. The summed E-state index contributed by atoms with van der Waals surface area (Å²) in [6.07, 6.45) is 8.27. The van der Waals surface area contributed by atoms with Gasteiger partial charge in [-0.15, -0.1) is 0 Å². The highest BCUT2D eigenvalue weighted by molar-refractivity contribution is 7.98. The number of aliphatic imine (C=N–C) groups is 1. The van der Waals surface area contributed by atoms with Gasteiger partial charge in [0.2, 0.25) is 5.96 Å². The summed E-state index contributed by atoms with van der Waals surface area (Å²) in [5.41, 5.74) is 2.77. The first-order valence-corrected chi connectivity index (χ1v) is 7.88. The Labute approximate surface area is 109 Å². The summed E-state index contributed by atoms with van der Waals surface area (Å²) in [6.45, 7) is 2.21. The summed E-state index contributed by atoms with van der Waals surface area (Å²) in [7, 11) is 2.08. The molecule has 0 bridgehead atoms. The van der Waals surface area contributed by atoms with Crippen LogP contribution >= 0.6 is 11.8 Å². The summed E-state index contributed by atoms with van der Waals surface area (Å²) in [5.74, 6) is 7.57. The van der Waals surface area contributed by atoms with Crippen molar-refractivity contribution in [1.82, 2.24) is 10.3 Å². The van der Waals surface area contributed by atoms with Gasteiger partial charge in [0.25, 0.3) is 0 Å². The summed E-state index contributed by atoms with van der Waals surface area (Å²) < 4.78 is 0. The van der Waals surface area contributed by atoms with Crippen LogP contribution in [0.15, 0.2) is 4.99 Å². The van der Waals surface area contributed by atoms with Crippen LogP contribution in [-0.4, -0.2) is 42.0 Å². The van der Waals surface area contributed by atoms with Crippen molar-refractivity contribution in [3.05, 3.63) is 0 Å². The van der Waals surface area contributed by atoms with Crippen LogP contribution in [0.3, 0.4) is 0 Å². The van der Waals surface area contributed by atoms with Crippen molar-refractivity contribution in [3.8, 4) is 0 Å². The van der Waals surface area contributed by atoms with E-state index in [1.54, 1.807) is 0 Å². The van der Waals surface area contributed by atoms with Crippen molar-refractivity contribution < 1.29 is 0 Å². The molecule has 0 radical (unpaired) electrons. The Hall–Kier alpha value is -0.420. The largest absolute Gasteiger partial charge is 0.341 e. The maximum absolute atomic E-state index is 5.61. The molecule has 0 aliphatic heterocycles. The van der Waals surface area contributed by atoms with Gasteiger partial charge in [-0.1, -0.05) is 19.8 Å². The predicted octanol–water partition coefficient (Wildman–Crippen LogP) is 1.82. The Balaban J connectivity index is 2.63. The first-order chi connectivity index (χ1) is 8.22. The Morgan fingerprint density at radius 1 is 1.53 bits per heavy atom. The monoisotopic (exact) mass is 258 g/mol. The second kappa shape index (κ2) is 7.82. The number of hydrogen-bond acceptors (Lipinski definition) is 3. The molecule has 5 heteroatoms. The topological polar surface area (TPSA) is 53.6 Å². The third-order valence-electron chi connectivity index (χ3n) is 3.47. The maximum Gasteiger partial charge on any atom is 0.208 e. The molecule has 1 fully saturated rings. The lowest BCUT2D eigenvalue weighted by atomic mass is 10.2. The first-order valence-electron chi connectivity index (χ1n) is 6.49. The van der Waals surface area contributed by atoms with E-state index in [-0.39, 0.29) is 0 Å². The van der Waals surface area contributed by atoms with Crippen molar-refractivity contribution >= 4 is 17.7 Å². The Morgan fingerprint density at radius 2 is 2.18 bits per heavy atom. The standard InChI is InChI=1S/C12H26N4S/c1-4-11(9-17-3)16(2)12(15-13)14-10-7-5-6-8-10/h10-11H,4-9,13H2,1-3H3,(H,14,15). The van der Waals surface area contributed by atoms with Crippen LogP contribution in [0.4, 0.5) is 0 Å². The molecular weight excluding hydrogens is 232 g/mol. The molecule has 1 aliphatic carbocycles.